The molecule has 0 radical (unpaired) electrons. The topological polar surface area (TPSA) is 69.6 Å². The minimum absolute atomic E-state index is 0.0111. The van der Waals surface area contributed by atoms with Crippen molar-refractivity contribution in [3.63, 3.8) is 0 Å². The van der Waals surface area contributed by atoms with Gasteiger partial charge in [-0.15, -0.1) is 0 Å². The summed E-state index contributed by atoms with van der Waals surface area (Å²) in [5.41, 5.74) is -0.374. The van der Waals surface area contributed by atoms with Gasteiger partial charge in [-0.3, -0.25) is 9.59 Å². The average molecular weight is 258 g/mol. The number of thioether (sulfide) groups is 1. The summed E-state index contributed by atoms with van der Waals surface area (Å²) in [5.74, 6) is 0.754. The average Bonchev–Trinajstić information content (AvgIpc) is 2.67. The van der Waals surface area contributed by atoms with E-state index in [1.165, 1.54) is 11.8 Å². The second-order valence-electron chi connectivity index (χ2n) is 4.69. The van der Waals surface area contributed by atoms with E-state index in [9.17, 15) is 14.7 Å². The smallest absolute Gasteiger partial charge is 0.281 e. The zero-order chi connectivity index (χ0) is 12.3. The molecule has 5 nitrogen and oxygen atoms in total. The Balaban J connectivity index is 1.72. The van der Waals surface area contributed by atoms with Crippen LogP contribution in [0.2, 0.25) is 0 Å². The van der Waals surface area contributed by atoms with Gasteiger partial charge in [0, 0.05) is 25.3 Å². The molecule has 1 aliphatic carbocycles. The predicted molar refractivity (Wildman–Crippen MR) is 65.9 cm³/mol. The molecule has 0 aromatic rings. The summed E-state index contributed by atoms with van der Waals surface area (Å²) in [5, 5.41) is 12.2. The number of hydrogen-bond acceptors (Lipinski definition) is 4. The lowest BCUT2D eigenvalue weighted by Crippen LogP contribution is -2.56. The number of aliphatic hydroxyl groups is 1. The maximum Gasteiger partial charge on any atom is 0.281 e. The molecule has 1 aliphatic heterocycles. The molecule has 0 aromatic heterocycles. The van der Waals surface area contributed by atoms with Crippen LogP contribution in [0.15, 0.2) is 0 Å². The van der Waals surface area contributed by atoms with E-state index in [0.29, 0.717) is 13.0 Å². The van der Waals surface area contributed by atoms with Crippen molar-refractivity contribution >= 4 is 22.9 Å². The van der Waals surface area contributed by atoms with Crippen LogP contribution in [0, 0.1) is 0 Å². The van der Waals surface area contributed by atoms with E-state index in [1.807, 2.05) is 0 Å². The van der Waals surface area contributed by atoms with E-state index < -0.39 is 0 Å². The van der Waals surface area contributed by atoms with Crippen molar-refractivity contribution in [1.82, 2.24) is 10.2 Å². The van der Waals surface area contributed by atoms with Gasteiger partial charge in [0.15, 0.2) is 0 Å². The van der Waals surface area contributed by atoms with Crippen LogP contribution < -0.4 is 5.32 Å². The Kier molecular flexibility index (Phi) is 3.93. The zero-order valence-electron chi connectivity index (χ0n) is 9.78. The number of nitrogens with zero attached hydrogens (tertiary/aromatic N) is 1. The maximum absolute atomic E-state index is 11.7. The standard InChI is InChI=1S/C11H18N2O3S/c14-8-11(3-1-4-11)12-9(15)2-5-13-6-7-17-10(13)16/h14H,1-8H2,(H,12,15). The van der Waals surface area contributed by atoms with Crippen LogP contribution in [-0.4, -0.2) is 52.1 Å². The van der Waals surface area contributed by atoms with Gasteiger partial charge in [-0.2, -0.15) is 0 Å². The Hall–Kier alpha value is -0.750. The molecular weight excluding hydrogens is 240 g/mol. The molecule has 0 atom stereocenters. The molecule has 0 aromatic carbocycles. The number of nitrogens with one attached hydrogen (secondary N) is 1. The molecule has 2 amide bonds. The van der Waals surface area contributed by atoms with Crippen LogP contribution in [0.4, 0.5) is 4.79 Å². The summed E-state index contributed by atoms with van der Waals surface area (Å²) in [6.45, 7) is 1.23. The van der Waals surface area contributed by atoms with Gasteiger partial charge in [-0.25, -0.2) is 0 Å². The van der Waals surface area contributed by atoms with Crippen molar-refractivity contribution in [3.05, 3.63) is 0 Å². The summed E-state index contributed by atoms with van der Waals surface area (Å²) in [6.07, 6.45) is 3.09. The van der Waals surface area contributed by atoms with Crippen LogP contribution in [0.5, 0.6) is 0 Å². The molecule has 0 spiro atoms. The zero-order valence-corrected chi connectivity index (χ0v) is 10.6. The van der Waals surface area contributed by atoms with Crippen molar-refractivity contribution in [2.45, 2.75) is 31.2 Å². The molecule has 2 rings (SSSR count). The number of amides is 2. The molecule has 0 unspecified atom stereocenters. The third-order valence-corrected chi connectivity index (χ3v) is 4.36. The maximum atomic E-state index is 11.7. The van der Waals surface area contributed by atoms with Gasteiger partial charge < -0.3 is 15.3 Å². The predicted octanol–water partition coefficient (Wildman–Crippen LogP) is 0.576. The summed E-state index contributed by atoms with van der Waals surface area (Å²) >= 11 is 1.31. The van der Waals surface area contributed by atoms with Crippen molar-refractivity contribution in [3.8, 4) is 0 Å². The number of aliphatic hydroxyl groups excluding tert-OH is 1. The molecule has 0 bridgehead atoms. The molecule has 1 heterocycles. The van der Waals surface area contributed by atoms with Gasteiger partial charge in [0.1, 0.15) is 0 Å². The Morgan fingerprint density at radius 2 is 2.29 bits per heavy atom. The lowest BCUT2D eigenvalue weighted by atomic mass is 9.77. The molecule has 17 heavy (non-hydrogen) atoms. The van der Waals surface area contributed by atoms with Crippen LogP contribution in [0.25, 0.3) is 0 Å². The molecule has 1 saturated heterocycles. The number of hydrogen-bond donors (Lipinski definition) is 2. The Morgan fingerprint density at radius 3 is 2.76 bits per heavy atom. The highest BCUT2D eigenvalue weighted by Crippen LogP contribution is 2.31. The molecule has 1 saturated carbocycles. The molecule has 2 fully saturated rings. The highest BCUT2D eigenvalue weighted by Gasteiger charge is 2.37. The van der Waals surface area contributed by atoms with Crippen LogP contribution >= 0.6 is 11.8 Å². The second kappa shape index (κ2) is 5.27. The molecule has 2 N–H and O–H groups in total. The third-order valence-electron chi connectivity index (χ3n) is 3.47. The van der Waals surface area contributed by atoms with Crippen molar-refractivity contribution in [2.24, 2.45) is 0 Å². The lowest BCUT2D eigenvalue weighted by Gasteiger charge is -2.41. The van der Waals surface area contributed by atoms with Gasteiger partial charge in [0.05, 0.1) is 12.1 Å². The fraction of sp³-hybridized carbons (Fsp3) is 0.818. The Morgan fingerprint density at radius 1 is 1.53 bits per heavy atom. The first-order valence-corrected chi connectivity index (χ1v) is 6.97. The molecular formula is C11H18N2O3S. The van der Waals surface area contributed by atoms with E-state index in [1.54, 1.807) is 4.90 Å². The van der Waals surface area contributed by atoms with Gasteiger partial charge in [0.25, 0.3) is 5.24 Å². The first-order valence-electron chi connectivity index (χ1n) is 5.99. The second-order valence-corrected chi connectivity index (χ2v) is 5.74. The highest BCUT2D eigenvalue weighted by molar-refractivity contribution is 8.13. The SMILES string of the molecule is O=C(CCN1CCSC1=O)NC1(CO)CCC1. The fourth-order valence-electron chi connectivity index (χ4n) is 2.15. The lowest BCUT2D eigenvalue weighted by molar-refractivity contribution is -0.125. The highest BCUT2D eigenvalue weighted by atomic mass is 32.2. The van der Waals surface area contributed by atoms with Crippen molar-refractivity contribution in [1.29, 1.82) is 0 Å². The molecule has 2 aliphatic rings. The largest absolute Gasteiger partial charge is 0.394 e. The minimum Gasteiger partial charge on any atom is -0.394 e. The minimum atomic E-state index is -0.374. The summed E-state index contributed by atoms with van der Waals surface area (Å²) < 4.78 is 0. The van der Waals surface area contributed by atoms with E-state index in [0.717, 1.165) is 31.6 Å². The number of carbonyl (C=O) groups excluding carboxylic acids is 2. The summed E-state index contributed by atoms with van der Waals surface area (Å²) in [7, 11) is 0. The summed E-state index contributed by atoms with van der Waals surface area (Å²) in [6, 6.07) is 0. The first-order chi connectivity index (χ1) is 8.15. The number of rotatable bonds is 5. The van der Waals surface area contributed by atoms with Crippen molar-refractivity contribution < 1.29 is 14.7 Å². The van der Waals surface area contributed by atoms with Gasteiger partial charge in [-0.1, -0.05) is 11.8 Å². The Bertz CT molecular complexity index is 312. The van der Waals surface area contributed by atoms with Gasteiger partial charge in [0.2, 0.25) is 5.91 Å². The van der Waals surface area contributed by atoms with E-state index in [4.69, 9.17) is 0 Å². The van der Waals surface area contributed by atoms with Crippen LogP contribution in [0.1, 0.15) is 25.7 Å². The van der Waals surface area contributed by atoms with Gasteiger partial charge in [-0.05, 0) is 19.3 Å². The molecule has 96 valence electrons. The van der Waals surface area contributed by atoms with Crippen molar-refractivity contribution in [2.75, 3.05) is 25.4 Å². The quantitative estimate of drug-likeness (QED) is 0.756. The third kappa shape index (κ3) is 2.93. The Labute approximate surface area is 105 Å². The summed E-state index contributed by atoms with van der Waals surface area (Å²) in [4.78, 5) is 24.7. The normalized spacial score (nSPS) is 22.4. The number of carbonyl (C=O) groups is 2. The first kappa shape index (κ1) is 12.7. The van der Waals surface area contributed by atoms with E-state index in [-0.39, 0.29) is 23.3 Å². The monoisotopic (exact) mass is 258 g/mol. The molecule has 6 heteroatoms. The van der Waals surface area contributed by atoms with E-state index in [2.05, 4.69) is 5.32 Å². The van der Waals surface area contributed by atoms with Gasteiger partial charge >= 0.3 is 0 Å². The fourth-order valence-corrected chi connectivity index (χ4v) is 3.00. The van der Waals surface area contributed by atoms with E-state index >= 15 is 0 Å². The van der Waals surface area contributed by atoms with Crippen LogP contribution in [-0.2, 0) is 4.79 Å². The van der Waals surface area contributed by atoms with Crippen LogP contribution in [0.3, 0.4) is 0 Å².